The van der Waals surface area contributed by atoms with E-state index >= 15 is 0 Å². The van der Waals surface area contributed by atoms with Crippen molar-refractivity contribution < 1.29 is 9.32 Å². The van der Waals surface area contributed by atoms with Crippen molar-refractivity contribution in [1.82, 2.24) is 5.16 Å². The van der Waals surface area contributed by atoms with Gasteiger partial charge in [-0.3, -0.25) is 4.79 Å². The first kappa shape index (κ1) is 10.5. The Bertz CT molecular complexity index is 565. The normalized spacial score (nSPS) is 16.8. The molecule has 0 unspecified atom stereocenters. The summed E-state index contributed by atoms with van der Waals surface area (Å²) in [6.45, 7) is 1.59. The molecule has 1 aliphatic rings. The molecule has 0 aliphatic heterocycles. The second-order valence-electron chi connectivity index (χ2n) is 4.82. The maximum atomic E-state index is 11.4. The number of benzene rings is 1. The fourth-order valence-electron chi connectivity index (χ4n) is 2.66. The summed E-state index contributed by atoms with van der Waals surface area (Å²) in [5.74, 6) is 1.55. The van der Waals surface area contributed by atoms with Crippen LogP contribution in [0.25, 0.3) is 10.9 Å². The van der Waals surface area contributed by atoms with E-state index < -0.39 is 0 Å². The predicted octanol–water partition coefficient (Wildman–Crippen LogP) is 3.69. The van der Waals surface area contributed by atoms with Gasteiger partial charge in [-0.1, -0.05) is 18.0 Å². The smallest absolute Gasteiger partial charge is 0.159 e. The van der Waals surface area contributed by atoms with Crippen LogP contribution in [0.4, 0.5) is 0 Å². The van der Waals surface area contributed by atoms with E-state index in [9.17, 15) is 4.79 Å². The van der Waals surface area contributed by atoms with Gasteiger partial charge >= 0.3 is 0 Å². The number of rotatable bonds is 2. The van der Waals surface area contributed by atoms with Gasteiger partial charge in [0.1, 0.15) is 11.3 Å². The van der Waals surface area contributed by atoms with Crippen molar-refractivity contribution in [2.45, 2.75) is 38.5 Å². The number of hydrogen-bond donors (Lipinski definition) is 0. The lowest BCUT2D eigenvalue weighted by Crippen LogP contribution is -1.93. The van der Waals surface area contributed by atoms with Gasteiger partial charge in [0.25, 0.3) is 0 Å². The minimum absolute atomic E-state index is 0.0884. The van der Waals surface area contributed by atoms with Crippen LogP contribution in [0.3, 0.4) is 0 Å². The zero-order chi connectivity index (χ0) is 11.8. The summed E-state index contributed by atoms with van der Waals surface area (Å²) in [5.41, 5.74) is 1.59. The molecule has 17 heavy (non-hydrogen) atoms. The summed E-state index contributed by atoms with van der Waals surface area (Å²) in [7, 11) is 0. The topological polar surface area (TPSA) is 43.1 Å². The third-order valence-electron chi connectivity index (χ3n) is 3.64. The van der Waals surface area contributed by atoms with E-state index in [2.05, 4.69) is 5.16 Å². The Kier molecular flexibility index (Phi) is 2.46. The van der Waals surface area contributed by atoms with Crippen molar-refractivity contribution in [3.8, 4) is 0 Å². The standard InChI is InChI=1S/C14H15NO2/c1-9(16)11-6-7-13-12(8-11)14(17-15-13)10-4-2-3-5-10/h6-8,10H,2-5H2,1H3. The molecule has 88 valence electrons. The molecule has 0 atom stereocenters. The minimum atomic E-state index is 0.0884. The molecule has 1 heterocycles. The first-order chi connectivity index (χ1) is 8.25. The molecule has 1 aliphatic carbocycles. The number of carbonyl (C=O) groups excluding carboxylic acids is 1. The Morgan fingerprint density at radius 3 is 2.82 bits per heavy atom. The monoisotopic (exact) mass is 229 g/mol. The molecule has 1 aromatic carbocycles. The Morgan fingerprint density at radius 1 is 1.35 bits per heavy atom. The SMILES string of the molecule is CC(=O)c1ccc2noc(C3CCCC3)c2c1. The molecule has 0 saturated heterocycles. The molecule has 0 spiro atoms. The molecule has 1 saturated carbocycles. The summed E-state index contributed by atoms with van der Waals surface area (Å²) < 4.78 is 5.47. The molecular weight excluding hydrogens is 214 g/mol. The molecule has 3 rings (SSSR count). The molecule has 1 fully saturated rings. The summed E-state index contributed by atoms with van der Waals surface area (Å²) in [4.78, 5) is 11.4. The molecular formula is C14H15NO2. The van der Waals surface area contributed by atoms with Crippen LogP contribution < -0.4 is 0 Å². The van der Waals surface area contributed by atoms with Crippen LogP contribution in [-0.2, 0) is 0 Å². The number of fused-ring (bicyclic) bond motifs is 1. The number of ketones is 1. The van der Waals surface area contributed by atoms with Gasteiger partial charge in [0.05, 0.1) is 0 Å². The van der Waals surface area contributed by atoms with Gasteiger partial charge < -0.3 is 4.52 Å². The Hall–Kier alpha value is -1.64. The van der Waals surface area contributed by atoms with Crippen molar-refractivity contribution in [3.05, 3.63) is 29.5 Å². The lowest BCUT2D eigenvalue weighted by molar-refractivity contribution is 0.101. The van der Waals surface area contributed by atoms with Gasteiger partial charge in [-0.2, -0.15) is 0 Å². The maximum absolute atomic E-state index is 11.4. The van der Waals surface area contributed by atoms with Crippen LogP contribution in [-0.4, -0.2) is 10.9 Å². The molecule has 3 heteroatoms. The van der Waals surface area contributed by atoms with Crippen molar-refractivity contribution in [1.29, 1.82) is 0 Å². The number of nitrogens with zero attached hydrogens (tertiary/aromatic N) is 1. The first-order valence-electron chi connectivity index (χ1n) is 6.16. The molecule has 2 aromatic rings. The quantitative estimate of drug-likeness (QED) is 0.737. The summed E-state index contributed by atoms with van der Waals surface area (Å²) >= 11 is 0. The summed E-state index contributed by atoms with van der Waals surface area (Å²) in [5, 5.41) is 5.10. The fraction of sp³-hybridized carbons (Fsp3) is 0.429. The molecule has 0 N–H and O–H groups in total. The van der Waals surface area contributed by atoms with Crippen molar-refractivity contribution in [3.63, 3.8) is 0 Å². The predicted molar refractivity (Wildman–Crippen MR) is 65.2 cm³/mol. The molecule has 0 amide bonds. The minimum Gasteiger partial charge on any atom is -0.360 e. The average molecular weight is 229 g/mol. The summed E-state index contributed by atoms with van der Waals surface area (Å²) in [6.07, 6.45) is 4.88. The van der Waals surface area contributed by atoms with E-state index in [1.165, 1.54) is 25.7 Å². The second-order valence-corrected chi connectivity index (χ2v) is 4.82. The van der Waals surface area contributed by atoms with Gasteiger partial charge in [0.2, 0.25) is 0 Å². The Morgan fingerprint density at radius 2 is 2.12 bits per heavy atom. The highest BCUT2D eigenvalue weighted by atomic mass is 16.5. The van der Waals surface area contributed by atoms with Crippen LogP contribution in [0, 0.1) is 0 Å². The Balaban J connectivity index is 2.11. The van der Waals surface area contributed by atoms with Crippen LogP contribution >= 0.6 is 0 Å². The van der Waals surface area contributed by atoms with Crippen LogP contribution in [0.2, 0.25) is 0 Å². The van der Waals surface area contributed by atoms with E-state index in [1.807, 2.05) is 18.2 Å². The number of hydrogen-bond acceptors (Lipinski definition) is 3. The van der Waals surface area contributed by atoms with Gasteiger partial charge in [-0.25, -0.2) is 0 Å². The highest BCUT2D eigenvalue weighted by Crippen LogP contribution is 2.37. The molecule has 1 aromatic heterocycles. The van der Waals surface area contributed by atoms with Gasteiger partial charge in [0.15, 0.2) is 5.78 Å². The molecule has 0 radical (unpaired) electrons. The van der Waals surface area contributed by atoms with E-state index in [-0.39, 0.29) is 5.78 Å². The molecule has 0 bridgehead atoms. The van der Waals surface area contributed by atoms with E-state index in [0.717, 1.165) is 22.2 Å². The van der Waals surface area contributed by atoms with Gasteiger partial charge in [-0.15, -0.1) is 0 Å². The number of carbonyl (C=O) groups is 1. The number of Topliss-reactive ketones (excluding diaryl/α,β-unsaturated/α-hetero) is 1. The van der Waals surface area contributed by atoms with E-state index in [4.69, 9.17) is 4.52 Å². The Labute approximate surface area is 99.8 Å². The van der Waals surface area contributed by atoms with Gasteiger partial charge in [-0.05, 0) is 38.0 Å². The number of aromatic nitrogens is 1. The third-order valence-corrected chi connectivity index (χ3v) is 3.64. The van der Waals surface area contributed by atoms with Crippen LogP contribution in [0.1, 0.15) is 54.6 Å². The summed E-state index contributed by atoms with van der Waals surface area (Å²) in [6, 6.07) is 5.60. The van der Waals surface area contributed by atoms with Crippen molar-refractivity contribution in [2.24, 2.45) is 0 Å². The third kappa shape index (κ3) is 1.75. The maximum Gasteiger partial charge on any atom is 0.159 e. The molecule has 3 nitrogen and oxygen atoms in total. The average Bonchev–Trinajstić information content (AvgIpc) is 2.96. The highest BCUT2D eigenvalue weighted by Gasteiger charge is 2.23. The first-order valence-corrected chi connectivity index (χ1v) is 6.16. The lowest BCUT2D eigenvalue weighted by Gasteiger charge is -2.04. The van der Waals surface area contributed by atoms with Crippen LogP contribution in [0.15, 0.2) is 22.7 Å². The van der Waals surface area contributed by atoms with Crippen molar-refractivity contribution >= 4 is 16.7 Å². The second kappa shape index (κ2) is 3.99. The largest absolute Gasteiger partial charge is 0.360 e. The van der Waals surface area contributed by atoms with Crippen molar-refractivity contribution in [2.75, 3.05) is 0 Å². The highest BCUT2D eigenvalue weighted by molar-refractivity contribution is 5.98. The van der Waals surface area contributed by atoms with Crippen LogP contribution in [0.5, 0.6) is 0 Å². The zero-order valence-electron chi connectivity index (χ0n) is 9.90. The van der Waals surface area contributed by atoms with E-state index in [0.29, 0.717) is 5.92 Å². The van der Waals surface area contributed by atoms with Gasteiger partial charge in [0, 0.05) is 16.9 Å². The fourth-order valence-corrected chi connectivity index (χ4v) is 2.66. The zero-order valence-corrected chi connectivity index (χ0v) is 9.90. The van der Waals surface area contributed by atoms with E-state index in [1.54, 1.807) is 6.92 Å². The lowest BCUT2D eigenvalue weighted by atomic mass is 10.00.